The molecule has 1 amide bonds. The molecule has 0 aliphatic carbocycles. The maximum absolute atomic E-state index is 12.7. The van der Waals surface area contributed by atoms with Crippen molar-refractivity contribution in [1.82, 2.24) is 4.31 Å². The highest BCUT2D eigenvalue weighted by Gasteiger charge is 2.31. The molecule has 150 valence electrons. The summed E-state index contributed by atoms with van der Waals surface area (Å²) in [6.45, 7) is 2.68. The minimum Gasteiger partial charge on any atom is -0.497 e. The molecule has 1 N–H and O–H groups in total. The number of carbonyl (C=O) groups excluding carboxylic acids is 1. The van der Waals surface area contributed by atoms with Gasteiger partial charge in [-0.3, -0.25) is 4.79 Å². The van der Waals surface area contributed by atoms with Crippen LogP contribution < -0.4 is 10.1 Å². The standard InChI is InChI=1S/C21H26N2O4S/c1-16-5-3-6-17(13-16)15-28(25,26)23-11-9-18(10-12-23)21(24)22-19-7-4-8-20(14-19)27-2/h3-8,13-14,18H,9-12,15H2,1-2H3,(H,22,24). The second-order valence-corrected chi connectivity index (χ2v) is 9.11. The van der Waals surface area contributed by atoms with Gasteiger partial charge in [-0.25, -0.2) is 12.7 Å². The number of hydrogen-bond acceptors (Lipinski definition) is 4. The number of carbonyl (C=O) groups is 1. The van der Waals surface area contributed by atoms with Crippen LogP contribution in [0.2, 0.25) is 0 Å². The second-order valence-electron chi connectivity index (χ2n) is 7.14. The number of sulfonamides is 1. The van der Waals surface area contributed by atoms with Gasteiger partial charge in [0.05, 0.1) is 12.9 Å². The highest BCUT2D eigenvalue weighted by atomic mass is 32.2. The van der Waals surface area contributed by atoms with E-state index in [1.165, 1.54) is 4.31 Å². The van der Waals surface area contributed by atoms with Gasteiger partial charge in [0.25, 0.3) is 0 Å². The fourth-order valence-corrected chi connectivity index (χ4v) is 5.00. The zero-order chi connectivity index (χ0) is 20.1. The Hall–Kier alpha value is -2.38. The Kier molecular flexibility index (Phi) is 6.36. The molecule has 0 bridgehead atoms. The molecule has 1 heterocycles. The van der Waals surface area contributed by atoms with Gasteiger partial charge in [0, 0.05) is 30.8 Å². The van der Waals surface area contributed by atoms with E-state index in [4.69, 9.17) is 4.74 Å². The van der Waals surface area contributed by atoms with E-state index in [-0.39, 0.29) is 17.6 Å². The summed E-state index contributed by atoms with van der Waals surface area (Å²) < 4.78 is 32.1. The van der Waals surface area contributed by atoms with E-state index in [2.05, 4.69) is 5.32 Å². The molecule has 0 atom stereocenters. The monoisotopic (exact) mass is 402 g/mol. The molecule has 3 rings (SSSR count). The smallest absolute Gasteiger partial charge is 0.227 e. The first-order chi connectivity index (χ1) is 13.4. The van der Waals surface area contributed by atoms with Crippen LogP contribution in [0.25, 0.3) is 0 Å². The maximum atomic E-state index is 12.7. The van der Waals surface area contributed by atoms with Crippen molar-refractivity contribution in [2.24, 2.45) is 5.92 Å². The summed E-state index contributed by atoms with van der Waals surface area (Å²) in [7, 11) is -1.81. The molecule has 0 radical (unpaired) electrons. The van der Waals surface area contributed by atoms with Crippen molar-refractivity contribution in [2.45, 2.75) is 25.5 Å². The third-order valence-corrected chi connectivity index (χ3v) is 6.84. The van der Waals surface area contributed by atoms with E-state index >= 15 is 0 Å². The predicted molar refractivity (Wildman–Crippen MR) is 110 cm³/mol. The molecular weight excluding hydrogens is 376 g/mol. The van der Waals surface area contributed by atoms with Gasteiger partial charge in [0.15, 0.2) is 0 Å². The van der Waals surface area contributed by atoms with Crippen LogP contribution in [0.15, 0.2) is 48.5 Å². The minimum absolute atomic E-state index is 0.00461. The van der Waals surface area contributed by atoms with Crippen LogP contribution in [-0.2, 0) is 20.6 Å². The van der Waals surface area contributed by atoms with Crippen molar-refractivity contribution >= 4 is 21.6 Å². The molecule has 0 spiro atoms. The van der Waals surface area contributed by atoms with Crippen LogP contribution in [0, 0.1) is 12.8 Å². The number of aryl methyl sites for hydroxylation is 1. The van der Waals surface area contributed by atoms with Crippen molar-refractivity contribution in [1.29, 1.82) is 0 Å². The zero-order valence-corrected chi connectivity index (χ0v) is 17.0. The van der Waals surface area contributed by atoms with Crippen LogP contribution in [-0.4, -0.2) is 38.8 Å². The number of piperidine rings is 1. The second kappa shape index (κ2) is 8.75. The van der Waals surface area contributed by atoms with Crippen molar-refractivity contribution in [3.63, 3.8) is 0 Å². The summed E-state index contributed by atoms with van der Waals surface area (Å²) in [5.74, 6) is 0.394. The first-order valence-electron chi connectivity index (χ1n) is 9.35. The third-order valence-electron chi connectivity index (χ3n) is 4.99. The van der Waals surface area contributed by atoms with Crippen LogP contribution in [0.1, 0.15) is 24.0 Å². The Bertz CT molecular complexity index is 935. The molecule has 1 saturated heterocycles. The number of amides is 1. The van der Waals surface area contributed by atoms with E-state index in [9.17, 15) is 13.2 Å². The molecule has 2 aromatic rings. The quantitative estimate of drug-likeness (QED) is 0.805. The molecule has 7 heteroatoms. The molecule has 1 fully saturated rings. The summed E-state index contributed by atoms with van der Waals surface area (Å²) in [5.41, 5.74) is 2.51. The molecule has 6 nitrogen and oxygen atoms in total. The first-order valence-corrected chi connectivity index (χ1v) is 11.0. The summed E-state index contributed by atoms with van der Waals surface area (Å²) in [5, 5.41) is 2.90. The van der Waals surface area contributed by atoms with Gasteiger partial charge in [-0.1, -0.05) is 35.9 Å². The molecule has 0 saturated carbocycles. The fraction of sp³-hybridized carbons (Fsp3) is 0.381. The number of rotatable bonds is 6. The molecule has 1 aliphatic heterocycles. The number of methoxy groups -OCH3 is 1. The average Bonchev–Trinajstić information content (AvgIpc) is 2.68. The Labute approximate surface area is 166 Å². The molecule has 0 aromatic heterocycles. The predicted octanol–water partition coefficient (Wildman–Crippen LogP) is 3.18. The van der Waals surface area contributed by atoms with Gasteiger partial charge in [-0.05, 0) is 37.5 Å². The summed E-state index contributed by atoms with van der Waals surface area (Å²) in [6, 6.07) is 14.7. The van der Waals surface area contributed by atoms with Gasteiger partial charge >= 0.3 is 0 Å². The van der Waals surface area contributed by atoms with Crippen molar-refractivity contribution in [3.05, 3.63) is 59.7 Å². The van der Waals surface area contributed by atoms with E-state index in [0.717, 1.165) is 11.1 Å². The molecule has 2 aromatic carbocycles. The van der Waals surface area contributed by atoms with Gasteiger partial charge in [0.1, 0.15) is 5.75 Å². The van der Waals surface area contributed by atoms with E-state index in [1.807, 2.05) is 49.4 Å². The highest BCUT2D eigenvalue weighted by molar-refractivity contribution is 7.88. The molecule has 0 unspecified atom stereocenters. The number of nitrogens with zero attached hydrogens (tertiary/aromatic N) is 1. The molecule has 28 heavy (non-hydrogen) atoms. The average molecular weight is 403 g/mol. The first kappa shape index (κ1) is 20.4. The van der Waals surface area contributed by atoms with Crippen molar-refractivity contribution in [2.75, 3.05) is 25.5 Å². The van der Waals surface area contributed by atoms with E-state index < -0.39 is 10.0 Å². The van der Waals surface area contributed by atoms with Gasteiger partial charge in [-0.2, -0.15) is 0 Å². The van der Waals surface area contributed by atoms with Gasteiger partial charge in [0.2, 0.25) is 15.9 Å². The van der Waals surface area contributed by atoms with Crippen LogP contribution >= 0.6 is 0 Å². The van der Waals surface area contributed by atoms with Crippen LogP contribution in [0.3, 0.4) is 0 Å². The van der Waals surface area contributed by atoms with Crippen molar-refractivity contribution in [3.8, 4) is 5.75 Å². The lowest BCUT2D eigenvalue weighted by Crippen LogP contribution is -2.41. The Morgan fingerprint density at radius 3 is 2.54 bits per heavy atom. The topological polar surface area (TPSA) is 75.7 Å². The van der Waals surface area contributed by atoms with Crippen LogP contribution in [0.4, 0.5) is 5.69 Å². The van der Waals surface area contributed by atoms with Crippen molar-refractivity contribution < 1.29 is 17.9 Å². The summed E-state index contributed by atoms with van der Waals surface area (Å²) in [6.07, 6.45) is 1.03. The lowest BCUT2D eigenvalue weighted by Gasteiger charge is -2.30. The van der Waals surface area contributed by atoms with Crippen LogP contribution in [0.5, 0.6) is 5.75 Å². The Morgan fingerprint density at radius 2 is 1.86 bits per heavy atom. The summed E-state index contributed by atoms with van der Waals surface area (Å²) in [4.78, 5) is 12.5. The lowest BCUT2D eigenvalue weighted by atomic mass is 9.97. The minimum atomic E-state index is -3.39. The molecular formula is C21H26N2O4S. The SMILES string of the molecule is COc1cccc(NC(=O)C2CCN(S(=O)(=O)Cc3cccc(C)c3)CC2)c1. The lowest BCUT2D eigenvalue weighted by molar-refractivity contribution is -0.120. The van der Waals surface area contributed by atoms with E-state index in [0.29, 0.717) is 37.4 Å². The van der Waals surface area contributed by atoms with E-state index in [1.54, 1.807) is 13.2 Å². The largest absolute Gasteiger partial charge is 0.497 e. The molecule has 1 aliphatic rings. The summed E-state index contributed by atoms with van der Waals surface area (Å²) >= 11 is 0. The number of hydrogen-bond donors (Lipinski definition) is 1. The number of ether oxygens (including phenoxy) is 1. The Morgan fingerprint density at radius 1 is 1.14 bits per heavy atom. The third kappa shape index (κ3) is 5.11. The van der Waals surface area contributed by atoms with Gasteiger partial charge < -0.3 is 10.1 Å². The fourth-order valence-electron chi connectivity index (χ4n) is 3.45. The maximum Gasteiger partial charge on any atom is 0.227 e. The number of benzene rings is 2. The normalized spacial score (nSPS) is 15.9. The highest BCUT2D eigenvalue weighted by Crippen LogP contribution is 2.24. The van der Waals surface area contributed by atoms with Gasteiger partial charge in [-0.15, -0.1) is 0 Å². The Balaban J connectivity index is 1.56. The number of nitrogens with one attached hydrogen (secondary N) is 1. The zero-order valence-electron chi connectivity index (χ0n) is 16.2. The number of anilines is 1.